The smallest absolute Gasteiger partial charge is 0.0642 e. The summed E-state index contributed by atoms with van der Waals surface area (Å²) in [5.74, 6) is 0. The highest BCUT2D eigenvalue weighted by Crippen LogP contribution is 2.28. The first-order chi connectivity index (χ1) is 7.31. The second-order valence-electron chi connectivity index (χ2n) is 3.52. The summed E-state index contributed by atoms with van der Waals surface area (Å²) in [5.41, 5.74) is 2.32. The summed E-state index contributed by atoms with van der Waals surface area (Å²) in [6, 6.07) is 6.21. The van der Waals surface area contributed by atoms with Gasteiger partial charge in [-0.05, 0) is 17.7 Å². The predicted octanol–water partition coefficient (Wildman–Crippen LogP) is 3.07. The van der Waals surface area contributed by atoms with Crippen molar-refractivity contribution in [3.8, 4) is 0 Å². The van der Waals surface area contributed by atoms with Crippen LogP contribution in [0.4, 0.5) is 5.69 Å². The zero-order valence-electron chi connectivity index (χ0n) is 8.38. The minimum atomic E-state index is 0.788. The third-order valence-electron chi connectivity index (χ3n) is 2.52. The van der Waals surface area contributed by atoms with Gasteiger partial charge in [-0.2, -0.15) is 0 Å². The zero-order valence-corrected chi connectivity index (χ0v) is 10.7. The SMILES string of the molecule is Clc1cc(CBr)ccc1N1CCOCC1. The molecule has 1 aliphatic rings. The van der Waals surface area contributed by atoms with Gasteiger partial charge in [0.2, 0.25) is 0 Å². The second-order valence-corrected chi connectivity index (χ2v) is 4.49. The summed E-state index contributed by atoms with van der Waals surface area (Å²) in [4.78, 5) is 2.27. The Hall–Kier alpha value is -0.250. The van der Waals surface area contributed by atoms with Crippen LogP contribution in [-0.4, -0.2) is 26.3 Å². The molecule has 0 radical (unpaired) electrons. The Labute approximate surface area is 103 Å². The number of anilines is 1. The van der Waals surface area contributed by atoms with E-state index in [9.17, 15) is 0 Å². The molecule has 0 unspecified atom stereocenters. The standard InChI is InChI=1S/C11H13BrClNO/c12-8-9-1-2-11(10(13)7-9)14-3-5-15-6-4-14/h1-2,7H,3-6,8H2. The Bertz CT molecular complexity index is 339. The van der Waals surface area contributed by atoms with Crippen LogP contribution in [0.1, 0.15) is 5.56 Å². The van der Waals surface area contributed by atoms with E-state index >= 15 is 0 Å². The van der Waals surface area contributed by atoms with Gasteiger partial charge >= 0.3 is 0 Å². The Kier molecular flexibility index (Phi) is 3.89. The van der Waals surface area contributed by atoms with E-state index in [4.69, 9.17) is 16.3 Å². The van der Waals surface area contributed by atoms with Crippen LogP contribution >= 0.6 is 27.5 Å². The van der Waals surface area contributed by atoms with Crippen LogP contribution in [0, 0.1) is 0 Å². The molecule has 15 heavy (non-hydrogen) atoms. The fraction of sp³-hybridized carbons (Fsp3) is 0.455. The Morgan fingerprint density at radius 1 is 1.33 bits per heavy atom. The van der Waals surface area contributed by atoms with Crippen LogP contribution in [0.3, 0.4) is 0 Å². The number of halogens is 2. The van der Waals surface area contributed by atoms with Crippen molar-refractivity contribution in [3.63, 3.8) is 0 Å². The lowest BCUT2D eigenvalue weighted by Crippen LogP contribution is -2.36. The van der Waals surface area contributed by atoms with Gasteiger partial charge in [0.1, 0.15) is 0 Å². The number of hydrogen-bond acceptors (Lipinski definition) is 2. The molecular weight excluding hydrogens is 277 g/mol. The molecule has 0 spiro atoms. The largest absolute Gasteiger partial charge is 0.378 e. The summed E-state index contributed by atoms with van der Waals surface area (Å²) < 4.78 is 5.31. The van der Waals surface area contributed by atoms with E-state index in [2.05, 4.69) is 33.0 Å². The molecule has 0 bridgehead atoms. The average Bonchev–Trinajstić information content (AvgIpc) is 2.30. The van der Waals surface area contributed by atoms with E-state index in [1.165, 1.54) is 5.56 Å². The second kappa shape index (κ2) is 5.19. The fourth-order valence-corrected chi connectivity index (χ4v) is 2.37. The predicted molar refractivity (Wildman–Crippen MR) is 67.1 cm³/mol. The van der Waals surface area contributed by atoms with Crippen molar-refractivity contribution in [2.45, 2.75) is 5.33 Å². The lowest BCUT2D eigenvalue weighted by Gasteiger charge is -2.29. The van der Waals surface area contributed by atoms with Gasteiger partial charge in [-0.1, -0.05) is 33.6 Å². The molecule has 0 amide bonds. The topological polar surface area (TPSA) is 12.5 Å². The average molecular weight is 291 g/mol. The quantitative estimate of drug-likeness (QED) is 0.776. The van der Waals surface area contributed by atoms with E-state index in [0.29, 0.717) is 0 Å². The van der Waals surface area contributed by atoms with Crippen LogP contribution in [0.25, 0.3) is 0 Å². The summed E-state index contributed by atoms with van der Waals surface area (Å²) in [7, 11) is 0. The maximum absolute atomic E-state index is 6.24. The first kappa shape index (κ1) is 11.2. The molecule has 82 valence electrons. The molecular formula is C11H13BrClNO. The van der Waals surface area contributed by atoms with E-state index < -0.39 is 0 Å². The summed E-state index contributed by atoms with van der Waals surface area (Å²) in [5, 5.41) is 1.67. The molecule has 0 atom stereocenters. The molecule has 1 heterocycles. The molecule has 1 fully saturated rings. The van der Waals surface area contributed by atoms with Crippen LogP contribution in [0.15, 0.2) is 18.2 Å². The van der Waals surface area contributed by atoms with Crippen molar-refractivity contribution in [2.24, 2.45) is 0 Å². The molecule has 2 rings (SSSR count). The zero-order chi connectivity index (χ0) is 10.7. The van der Waals surface area contributed by atoms with Crippen LogP contribution in [0.5, 0.6) is 0 Å². The fourth-order valence-electron chi connectivity index (χ4n) is 1.69. The molecule has 1 aromatic carbocycles. The number of alkyl halides is 1. The Morgan fingerprint density at radius 3 is 2.67 bits per heavy atom. The van der Waals surface area contributed by atoms with Crippen molar-refractivity contribution < 1.29 is 4.74 Å². The molecule has 0 aliphatic carbocycles. The third-order valence-corrected chi connectivity index (χ3v) is 3.47. The Morgan fingerprint density at radius 2 is 2.07 bits per heavy atom. The van der Waals surface area contributed by atoms with Gasteiger partial charge in [-0.25, -0.2) is 0 Å². The number of morpholine rings is 1. The lowest BCUT2D eigenvalue weighted by molar-refractivity contribution is 0.122. The van der Waals surface area contributed by atoms with Crippen molar-refractivity contribution in [1.29, 1.82) is 0 Å². The van der Waals surface area contributed by atoms with Gasteiger partial charge in [0.15, 0.2) is 0 Å². The molecule has 1 aromatic rings. The first-order valence-corrected chi connectivity index (χ1v) is 6.48. The number of ether oxygens (including phenoxy) is 1. The highest BCUT2D eigenvalue weighted by Gasteiger charge is 2.13. The maximum Gasteiger partial charge on any atom is 0.0642 e. The highest BCUT2D eigenvalue weighted by atomic mass is 79.9. The maximum atomic E-state index is 6.24. The molecule has 0 N–H and O–H groups in total. The highest BCUT2D eigenvalue weighted by molar-refractivity contribution is 9.08. The molecule has 0 saturated carbocycles. The van der Waals surface area contributed by atoms with Gasteiger partial charge in [0, 0.05) is 18.4 Å². The van der Waals surface area contributed by atoms with Gasteiger partial charge in [0.05, 0.1) is 23.9 Å². The van der Waals surface area contributed by atoms with Gasteiger partial charge in [0.25, 0.3) is 0 Å². The van der Waals surface area contributed by atoms with Gasteiger partial charge in [-0.3, -0.25) is 0 Å². The van der Waals surface area contributed by atoms with Gasteiger partial charge in [-0.15, -0.1) is 0 Å². The number of hydrogen-bond donors (Lipinski definition) is 0. The molecule has 4 heteroatoms. The summed E-state index contributed by atoms with van der Waals surface area (Å²) in [6.45, 7) is 3.42. The Balaban J connectivity index is 2.19. The summed E-state index contributed by atoms with van der Waals surface area (Å²) in [6.07, 6.45) is 0. The minimum Gasteiger partial charge on any atom is -0.378 e. The first-order valence-electron chi connectivity index (χ1n) is 4.98. The molecule has 0 aromatic heterocycles. The van der Waals surface area contributed by atoms with Crippen LogP contribution in [-0.2, 0) is 10.1 Å². The van der Waals surface area contributed by atoms with Crippen LogP contribution in [0.2, 0.25) is 5.02 Å². The van der Waals surface area contributed by atoms with Crippen molar-refractivity contribution in [2.75, 3.05) is 31.2 Å². The summed E-state index contributed by atoms with van der Waals surface area (Å²) >= 11 is 9.66. The normalized spacial score (nSPS) is 16.8. The number of nitrogens with zero attached hydrogens (tertiary/aromatic N) is 1. The van der Waals surface area contributed by atoms with Crippen molar-refractivity contribution in [3.05, 3.63) is 28.8 Å². The van der Waals surface area contributed by atoms with E-state index in [0.717, 1.165) is 42.3 Å². The minimum absolute atomic E-state index is 0.788. The van der Waals surface area contributed by atoms with E-state index in [1.54, 1.807) is 0 Å². The van der Waals surface area contributed by atoms with Crippen molar-refractivity contribution in [1.82, 2.24) is 0 Å². The monoisotopic (exact) mass is 289 g/mol. The van der Waals surface area contributed by atoms with E-state index in [1.807, 2.05) is 6.07 Å². The molecule has 1 saturated heterocycles. The van der Waals surface area contributed by atoms with Gasteiger partial charge < -0.3 is 9.64 Å². The number of benzene rings is 1. The van der Waals surface area contributed by atoms with Crippen molar-refractivity contribution >= 4 is 33.2 Å². The van der Waals surface area contributed by atoms with E-state index in [-0.39, 0.29) is 0 Å². The lowest BCUT2D eigenvalue weighted by atomic mass is 10.2. The third kappa shape index (κ3) is 2.65. The van der Waals surface area contributed by atoms with Crippen LogP contribution < -0.4 is 4.90 Å². The number of rotatable bonds is 2. The molecule has 1 aliphatic heterocycles. The molecule has 2 nitrogen and oxygen atoms in total.